The summed E-state index contributed by atoms with van der Waals surface area (Å²) < 4.78 is 17.3. The Kier molecular flexibility index (Phi) is 16.4. The van der Waals surface area contributed by atoms with Gasteiger partial charge in [0.1, 0.15) is 6.10 Å². The molecule has 0 aromatic carbocycles. The first-order valence-corrected chi connectivity index (χ1v) is 19.3. The molecule has 0 heterocycles. The third-order valence-corrected chi connectivity index (χ3v) is 6.90. The molecule has 0 spiro atoms. The highest BCUT2D eigenvalue weighted by Gasteiger charge is 2.25. The van der Waals surface area contributed by atoms with E-state index in [1.807, 2.05) is 6.08 Å². The van der Waals surface area contributed by atoms with Crippen LogP contribution in [0.3, 0.4) is 0 Å². The predicted octanol–water partition coefficient (Wildman–Crippen LogP) is 7.04. The van der Waals surface area contributed by atoms with Crippen LogP contribution in [-0.4, -0.2) is 47.7 Å². The van der Waals surface area contributed by atoms with E-state index in [0.717, 1.165) is 57.8 Å². The van der Waals surface area contributed by atoms with Gasteiger partial charge in [0.25, 0.3) is 0 Å². The van der Waals surface area contributed by atoms with Crippen LogP contribution in [0.5, 0.6) is 0 Å². The molecule has 0 aliphatic rings. The van der Waals surface area contributed by atoms with Gasteiger partial charge in [0, 0.05) is 12.8 Å². The number of rotatable bonds is 19. The molecule has 2 atom stereocenters. The number of hydrogen-bond acceptors (Lipinski definition) is 5. The number of esters is 1. The zero-order valence-corrected chi connectivity index (χ0v) is 24.1. The number of Topliss-reactive ketones (excluding diaryl/α,β-unsaturated/α-hetero) is 1. The van der Waals surface area contributed by atoms with Gasteiger partial charge in [0.15, 0.2) is 22.4 Å². The number of ether oxygens (including phenoxy) is 1. The molecule has 7 heteroatoms. The van der Waals surface area contributed by atoms with Gasteiger partial charge in [-0.25, -0.2) is 0 Å². The number of hydrogen-bond donors (Lipinski definition) is 0. The lowest BCUT2D eigenvalue weighted by Gasteiger charge is -2.26. The Morgan fingerprint density at radius 2 is 1.31 bits per heavy atom. The first-order valence-electron chi connectivity index (χ1n) is 12.5. The highest BCUT2D eigenvalue weighted by Crippen LogP contribution is 2.18. The molecule has 0 fully saturated rings. The van der Waals surface area contributed by atoms with E-state index in [4.69, 9.17) is 8.85 Å². The van der Waals surface area contributed by atoms with Crippen LogP contribution < -0.4 is 0 Å². The lowest BCUT2D eigenvalue weighted by Crippen LogP contribution is -2.36. The first kappa shape index (κ1) is 31.2. The fraction of sp³-hybridized carbons (Fsp3) is 0.840. The van der Waals surface area contributed by atoms with Gasteiger partial charge in [-0.2, -0.15) is 0 Å². The van der Waals surface area contributed by atoms with Crippen molar-refractivity contribution in [2.75, 3.05) is 7.11 Å². The van der Waals surface area contributed by atoms with Crippen molar-refractivity contribution in [2.24, 2.45) is 0 Å². The second-order valence-corrected chi connectivity index (χ2v) is 19.5. The van der Waals surface area contributed by atoms with Gasteiger partial charge in [-0.3, -0.25) is 9.59 Å². The first-order chi connectivity index (χ1) is 14.9. The van der Waals surface area contributed by atoms with Gasteiger partial charge < -0.3 is 13.6 Å². The predicted molar refractivity (Wildman–Crippen MR) is 139 cm³/mol. The van der Waals surface area contributed by atoms with Crippen LogP contribution in [0.15, 0.2) is 12.2 Å². The highest BCUT2D eigenvalue weighted by atomic mass is 28.4. The summed E-state index contributed by atoms with van der Waals surface area (Å²) in [6.45, 7) is 15.1. The van der Waals surface area contributed by atoms with Crippen LogP contribution in [0.2, 0.25) is 39.3 Å². The van der Waals surface area contributed by atoms with Crippen LogP contribution in [0.1, 0.15) is 77.6 Å². The maximum Gasteiger partial charge on any atom is 0.305 e. The number of ketones is 1. The van der Waals surface area contributed by atoms with Crippen LogP contribution in [0, 0.1) is 0 Å². The number of unbranched alkanes of at least 4 members (excludes halogenated alkanes) is 6. The van der Waals surface area contributed by atoms with E-state index in [-0.39, 0.29) is 17.9 Å². The van der Waals surface area contributed by atoms with Gasteiger partial charge in [-0.15, -0.1) is 0 Å². The van der Waals surface area contributed by atoms with E-state index in [9.17, 15) is 9.59 Å². The average Bonchev–Trinajstić information content (AvgIpc) is 2.67. The molecule has 0 aromatic rings. The fourth-order valence-corrected chi connectivity index (χ4v) is 5.48. The standard InChI is InChI=1S/C25H50O5Si2/c1-9-10-14-18-23(26)24(30-32(6,7)8)21-20-22(29-31(3,4)5)17-15-12-11-13-16-19-25(27)28-2/h20-22,24H,9-19H2,1-8H3. The van der Waals surface area contributed by atoms with Crippen molar-refractivity contribution in [3.8, 4) is 0 Å². The second-order valence-electron chi connectivity index (χ2n) is 10.6. The normalized spacial score (nSPS) is 14.5. The van der Waals surface area contributed by atoms with E-state index in [2.05, 4.69) is 57.0 Å². The summed E-state index contributed by atoms with van der Waals surface area (Å²) in [7, 11) is -2.11. The Labute approximate surface area is 199 Å². The monoisotopic (exact) mass is 486 g/mol. The Hall–Kier alpha value is -0.766. The number of methoxy groups -OCH3 is 1. The Morgan fingerprint density at radius 1 is 0.750 bits per heavy atom. The fourth-order valence-electron chi connectivity index (χ4n) is 3.41. The minimum Gasteiger partial charge on any atom is -0.469 e. The Balaban J connectivity index is 4.86. The van der Waals surface area contributed by atoms with E-state index >= 15 is 0 Å². The minimum absolute atomic E-state index is 0.0212. The van der Waals surface area contributed by atoms with E-state index in [0.29, 0.717) is 12.8 Å². The van der Waals surface area contributed by atoms with Crippen molar-refractivity contribution in [3.05, 3.63) is 12.2 Å². The summed E-state index contributed by atoms with van der Waals surface area (Å²) in [6, 6.07) is 0. The zero-order valence-electron chi connectivity index (χ0n) is 22.1. The molecular weight excluding hydrogens is 436 g/mol. The van der Waals surface area contributed by atoms with Crippen LogP contribution in [0.25, 0.3) is 0 Å². The van der Waals surface area contributed by atoms with Crippen molar-refractivity contribution >= 4 is 28.4 Å². The third kappa shape index (κ3) is 18.8. The molecule has 0 N–H and O–H groups in total. The summed E-state index contributed by atoms with van der Waals surface area (Å²) in [5.41, 5.74) is 0. The molecule has 5 nitrogen and oxygen atoms in total. The molecule has 0 saturated carbocycles. The van der Waals surface area contributed by atoms with Gasteiger partial charge in [0.05, 0.1) is 13.2 Å². The van der Waals surface area contributed by atoms with Crippen LogP contribution >= 0.6 is 0 Å². The average molecular weight is 487 g/mol. The SMILES string of the molecule is CCCCCC(=O)C(C=CC(CCCCCCCC(=O)OC)O[Si](C)(C)C)O[Si](C)(C)C. The van der Waals surface area contributed by atoms with Crippen molar-refractivity contribution in [3.63, 3.8) is 0 Å². The van der Waals surface area contributed by atoms with Crippen molar-refractivity contribution in [1.29, 1.82) is 0 Å². The summed E-state index contributed by atoms with van der Waals surface area (Å²) in [4.78, 5) is 24.0. The summed E-state index contributed by atoms with van der Waals surface area (Å²) in [5, 5.41) is 0. The summed E-state index contributed by atoms with van der Waals surface area (Å²) in [6.07, 6.45) is 14.0. The maximum absolute atomic E-state index is 12.8. The van der Waals surface area contributed by atoms with Gasteiger partial charge in [0.2, 0.25) is 0 Å². The van der Waals surface area contributed by atoms with Gasteiger partial charge >= 0.3 is 5.97 Å². The quantitative estimate of drug-likeness (QED) is 0.0848. The lowest BCUT2D eigenvalue weighted by molar-refractivity contribution is -0.140. The van der Waals surface area contributed by atoms with E-state index in [1.54, 1.807) is 0 Å². The lowest BCUT2D eigenvalue weighted by atomic mass is 10.0. The molecule has 0 saturated heterocycles. The molecule has 32 heavy (non-hydrogen) atoms. The minimum atomic E-state index is -1.84. The molecule has 0 aliphatic carbocycles. The second kappa shape index (κ2) is 16.8. The number of carbonyl (C=O) groups excluding carboxylic acids is 2. The molecule has 0 amide bonds. The molecule has 0 rings (SSSR count). The van der Waals surface area contributed by atoms with Crippen molar-refractivity contribution < 1.29 is 23.2 Å². The largest absolute Gasteiger partial charge is 0.469 e. The molecule has 0 radical (unpaired) electrons. The Morgan fingerprint density at radius 3 is 1.88 bits per heavy atom. The topological polar surface area (TPSA) is 61.8 Å². The van der Waals surface area contributed by atoms with Crippen LogP contribution in [-0.2, 0) is 23.2 Å². The molecule has 0 aliphatic heterocycles. The van der Waals surface area contributed by atoms with Crippen molar-refractivity contribution in [1.82, 2.24) is 0 Å². The maximum atomic E-state index is 12.8. The van der Waals surface area contributed by atoms with Gasteiger partial charge in [-0.1, -0.05) is 57.6 Å². The van der Waals surface area contributed by atoms with Gasteiger partial charge in [-0.05, 0) is 58.5 Å². The van der Waals surface area contributed by atoms with Crippen LogP contribution in [0.4, 0.5) is 0 Å². The molecule has 188 valence electrons. The zero-order chi connectivity index (χ0) is 24.6. The Bertz CT molecular complexity index is 550. The molecular formula is C25H50O5Si2. The van der Waals surface area contributed by atoms with Crippen molar-refractivity contribution in [2.45, 2.75) is 129 Å². The molecule has 0 aromatic heterocycles. The third-order valence-electron chi connectivity index (χ3n) is 4.93. The molecule has 2 unspecified atom stereocenters. The smallest absolute Gasteiger partial charge is 0.305 e. The van der Waals surface area contributed by atoms with E-state index in [1.165, 1.54) is 7.11 Å². The summed E-state index contributed by atoms with van der Waals surface area (Å²) in [5.74, 6) is 0.0626. The van der Waals surface area contributed by atoms with E-state index < -0.39 is 22.7 Å². The number of carbonyl (C=O) groups is 2. The highest BCUT2D eigenvalue weighted by molar-refractivity contribution is 6.70. The molecule has 0 bridgehead atoms. The summed E-state index contributed by atoms with van der Waals surface area (Å²) >= 11 is 0.